The Balaban J connectivity index is 1.36. The van der Waals surface area contributed by atoms with Crippen LogP contribution in [-0.4, -0.2) is 63.9 Å². The van der Waals surface area contributed by atoms with Gasteiger partial charge in [-0.25, -0.2) is 0 Å². The molecule has 0 radical (unpaired) electrons. The minimum absolute atomic E-state index is 0.140. The van der Waals surface area contributed by atoms with Gasteiger partial charge >= 0.3 is 0 Å². The Morgan fingerprint density at radius 2 is 1.66 bits per heavy atom. The molecule has 1 atom stereocenters. The number of carbonyl (C=O) groups excluding carboxylic acids is 3. The number of hydrogen-bond acceptors (Lipinski definition) is 6. The summed E-state index contributed by atoms with van der Waals surface area (Å²) in [4.78, 5) is 42.1. The summed E-state index contributed by atoms with van der Waals surface area (Å²) in [6, 6.07) is 7.44. The molecule has 3 heterocycles. The lowest BCUT2D eigenvalue weighted by atomic mass is 9.93. The molecule has 2 aliphatic heterocycles. The molecule has 0 bridgehead atoms. The highest BCUT2D eigenvalue weighted by atomic mass is 32.1. The van der Waals surface area contributed by atoms with Gasteiger partial charge in [0.15, 0.2) is 0 Å². The Bertz CT molecular complexity index is 982. The molecule has 0 spiro atoms. The van der Waals surface area contributed by atoms with Gasteiger partial charge in [0.1, 0.15) is 0 Å². The predicted molar refractivity (Wildman–Crippen MR) is 123 cm³/mol. The molecule has 0 aliphatic carbocycles. The zero-order valence-electron chi connectivity index (χ0n) is 18.5. The van der Waals surface area contributed by atoms with E-state index < -0.39 is 5.91 Å². The Hall–Kier alpha value is -2.81. The number of hydrogen-bond donors (Lipinski definition) is 1. The van der Waals surface area contributed by atoms with E-state index >= 15 is 0 Å². The summed E-state index contributed by atoms with van der Waals surface area (Å²) in [7, 11) is 0. The number of likely N-dealkylation sites (tertiary alicyclic amines) is 2. The Morgan fingerprint density at radius 3 is 2.38 bits per heavy atom. The van der Waals surface area contributed by atoms with Crippen LogP contribution in [0.15, 0.2) is 24.3 Å². The molecule has 8 nitrogen and oxygen atoms in total. The third-order valence-corrected chi connectivity index (χ3v) is 7.17. The van der Waals surface area contributed by atoms with Gasteiger partial charge in [-0.05, 0) is 50.7 Å². The lowest BCUT2D eigenvalue weighted by molar-refractivity contribution is -0.138. The van der Waals surface area contributed by atoms with Crippen molar-refractivity contribution in [3.05, 3.63) is 39.8 Å². The molecule has 2 fully saturated rings. The van der Waals surface area contributed by atoms with Crippen LogP contribution in [0, 0.1) is 18.8 Å². The van der Waals surface area contributed by atoms with Crippen LogP contribution < -0.4 is 5.32 Å². The van der Waals surface area contributed by atoms with E-state index in [9.17, 15) is 14.4 Å². The van der Waals surface area contributed by atoms with Gasteiger partial charge in [0.25, 0.3) is 11.8 Å². The molecular weight excluding hydrogens is 426 g/mol. The SMILES string of the molecule is Cc1ccc(NC(=O)c2nnc(C(=O)N3CCCC(C(=O)N4CCC(C)CC4)C3)s2)cc1. The molecule has 1 unspecified atom stereocenters. The van der Waals surface area contributed by atoms with Crippen molar-refractivity contribution in [2.45, 2.75) is 39.5 Å². The van der Waals surface area contributed by atoms with E-state index in [1.54, 1.807) is 4.90 Å². The number of aryl methyl sites for hydroxylation is 1. The zero-order chi connectivity index (χ0) is 22.7. The van der Waals surface area contributed by atoms with Gasteiger partial charge in [-0.3, -0.25) is 14.4 Å². The topological polar surface area (TPSA) is 95.5 Å². The number of carbonyl (C=O) groups is 3. The van der Waals surface area contributed by atoms with Crippen LogP contribution >= 0.6 is 11.3 Å². The van der Waals surface area contributed by atoms with Crippen molar-refractivity contribution in [1.29, 1.82) is 0 Å². The van der Waals surface area contributed by atoms with E-state index in [1.807, 2.05) is 36.1 Å². The maximum absolute atomic E-state index is 13.0. The molecule has 9 heteroatoms. The summed E-state index contributed by atoms with van der Waals surface area (Å²) >= 11 is 0.982. The molecule has 2 saturated heterocycles. The first-order chi connectivity index (χ1) is 15.4. The second-order valence-electron chi connectivity index (χ2n) is 8.83. The fourth-order valence-corrected chi connectivity index (χ4v) is 4.92. The monoisotopic (exact) mass is 455 g/mol. The average molecular weight is 456 g/mol. The number of benzene rings is 1. The molecule has 32 heavy (non-hydrogen) atoms. The predicted octanol–water partition coefficient (Wildman–Crippen LogP) is 3.21. The molecular formula is C23H29N5O3S. The number of anilines is 1. The van der Waals surface area contributed by atoms with Crippen LogP contribution in [0.4, 0.5) is 5.69 Å². The summed E-state index contributed by atoms with van der Waals surface area (Å²) in [6.07, 6.45) is 3.67. The fourth-order valence-electron chi connectivity index (χ4n) is 4.21. The van der Waals surface area contributed by atoms with Crippen LogP contribution in [0.5, 0.6) is 0 Å². The van der Waals surface area contributed by atoms with Crippen LogP contribution in [0.25, 0.3) is 0 Å². The second-order valence-corrected chi connectivity index (χ2v) is 9.81. The van der Waals surface area contributed by atoms with Crippen molar-refractivity contribution in [2.75, 3.05) is 31.5 Å². The highest BCUT2D eigenvalue weighted by Gasteiger charge is 2.33. The van der Waals surface area contributed by atoms with Gasteiger partial charge in [0, 0.05) is 31.9 Å². The maximum Gasteiger partial charge on any atom is 0.286 e. The molecule has 2 aliphatic rings. The van der Waals surface area contributed by atoms with Crippen molar-refractivity contribution in [3.8, 4) is 0 Å². The lowest BCUT2D eigenvalue weighted by Gasteiger charge is -2.37. The zero-order valence-corrected chi connectivity index (χ0v) is 19.4. The van der Waals surface area contributed by atoms with Crippen molar-refractivity contribution < 1.29 is 14.4 Å². The highest BCUT2D eigenvalue weighted by molar-refractivity contribution is 7.15. The van der Waals surface area contributed by atoms with Gasteiger partial charge < -0.3 is 15.1 Å². The lowest BCUT2D eigenvalue weighted by Crippen LogP contribution is -2.48. The number of nitrogens with one attached hydrogen (secondary N) is 1. The largest absolute Gasteiger partial charge is 0.342 e. The van der Waals surface area contributed by atoms with Crippen LogP contribution in [-0.2, 0) is 4.79 Å². The third-order valence-electron chi connectivity index (χ3n) is 6.26. The Kier molecular flexibility index (Phi) is 6.83. The minimum atomic E-state index is -0.392. The van der Waals surface area contributed by atoms with Crippen molar-refractivity contribution in [2.24, 2.45) is 11.8 Å². The van der Waals surface area contributed by atoms with Crippen LogP contribution in [0.1, 0.15) is 57.8 Å². The molecule has 1 aromatic carbocycles. The quantitative estimate of drug-likeness (QED) is 0.764. The number of rotatable bonds is 4. The smallest absolute Gasteiger partial charge is 0.286 e. The number of amides is 3. The molecule has 170 valence electrons. The number of aromatic nitrogens is 2. The summed E-state index contributed by atoms with van der Waals surface area (Å²) in [5.74, 6) is -0.000434. The first kappa shape index (κ1) is 22.4. The highest BCUT2D eigenvalue weighted by Crippen LogP contribution is 2.25. The first-order valence-electron chi connectivity index (χ1n) is 11.2. The van der Waals surface area contributed by atoms with Crippen molar-refractivity contribution in [1.82, 2.24) is 20.0 Å². The Labute approximate surface area is 192 Å². The number of nitrogens with zero attached hydrogens (tertiary/aromatic N) is 4. The molecule has 1 N–H and O–H groups in total. The maximum atomic E-state index is 13.0. The normalized spacial score (nSPS) is 19.6. The average Bonchev–Trinajstić information content (AvgIpc) is 3.31. The van der Waals surface area contributed by atoms with E-state index in [2.05, 4.69) is 22.4 Å². The first-order valence-corrected chi connectivity index (χ1v) is 12.0. The van der Waals surface area contributed by atoms with Crippen LogP contribution in [0.2, 0.25) is 0 Å². The summed E-state index contributed by atoms with van der Waals surface area (Å²) < 4.78 is 0. The molecule has 2 aromatic rings. The van der Waals surface area contributed by atoms with E-state index in [0.29, 0.717) is 24.7 Å². The summed E-state index contributed by atoms with van der Waals surface area (Å²) in [5.41, 5.74) is 1.76. The second kappa shape index (κ2) is 9.77. The minimum Gasteiger partial charge on any atom is -0.342 e. The van der Waals surface area contributed by atoms with E-state index in [4.69, 9.17) is 0 Å². The standard InChI is InChI=1S/C23H29N5O3S/c1-15-5-7-18(8-6-15)24-19(29)20-25-26-21(32-20)23(31)28-11-3-4-17(14-28)22(30)27-12-9-16(2)10-13-27/h5-8,16-17H,3-4,9-14H2,1-2H3,(H,24,29). The van der Waals surface area contributed by atoms with E-state index in [0.717, 1.165) is 55.7 Å². The molecule has 1 aromatic heterocycles. The molecule has 3 amide bonds. The van der Waals surface area contributed by atoms with Gasteiger partial charge in [0.05, 0.1) is 5.92 Å². The molecule has 4 rings (SSSR count). The third kappa shape index (κ3) is 5.15. The Morgan fingerprint density at radius 1 is 0.969 bits per heavy atom. The number of piperidine rings is 2. The van der Waals surface area contributed by atoms with Crippen LogP contribution in [0.3, 0.4) is 0 Å². The van der Waals surface area contributed by atoms with Crippen molar-refractivity contribution >= 4 is 34.7 Å². The van der Waals surface area contributed by atoms with Gasteiger partial charge in [0.2, 0.25) is 15.9 Å². The fraction of sp³-hybridized carbons (Fsp3) is 0.522. The van der Waals surface area contributed by atoms with E-state index in [1.165, 1.54) is 0 Å². The van der Waals surface area contributed by atoms with Gasteiger partial charge in [-0.2, -0.15) is 0 Å². The van der Waals surface area contributed by atoms with E-state index in [-0.39, 0.29) is 27.7 Å². The summed E-state index contributed by atoms with van der Waals surface area (Å²) in [5, 5.41) is 11.0. The van der Waals surface area contributed by atoms with Gasteiger partial charge in [-0.15, -0.1) is 10.2 Å². The van der Waals surface area contributed by atoms with Crippen molar-refractivity contribution in [3.63, 3.8) is 0 Å². The summed E-state index contributed by atoms with van der Waals surface area (Å²) in [6.45, 7) is 6.79. The van der Waals surface area contributed by atoms with Gasteiger partial charge in [-0.1, -0.05) is 36.0 Å². The molecule has 0 saturated carbocycles.